The van der Waals surface area contributed by atoms with Crippen LogP contribution in [0.4, 0.5) is 0 Å². The quantitative estimate of drug-likeness (QED) is 0.524. The van der Waals surface area contributed by atoms with Crippen LogP contribution in [-0.4, -0.2) is 25.3 Å². The molecule has 4 heteroatoms. The van der Waals surface area contributed by atoms with E-state index in [9.17, 15) is 0 Å². The third-order valence-electron chi connectivity index (χ3n) is 0.570. The number of rotatable bonds is 0. The van der Waals surface area contributed by atoms with Crippen LogP contribution < -0.4 is 0 Å². The smallest absolute Gasteiger partial charge is 0.353 e. The SMILES string of the molecule is [Al][n]1cc(Br)cn1. The number of aromatic nitrogens is 2. The standard InChI is InChI=1S/C3H2BrN2.Al/c4-3-1-5-6-2-3;/h1-2H;/q-1;+1. The Morgan fingerprint density at radius 1 is 1.86 bits per heavy atom. The van der Waals surface area contributed by atoms with Crippen LogP contribution in [0.25, 0.3) is 0 Å². The second kappa shape index (κ2) is 2.00. The third kappa shape index (κ3) is 1.30. The Balaban J connectivity index is 3.04. The molecule has 0 N–H and O–H groups in total. The fourth-order valence-corrected chi connectivity index (χ4v) is 1.06. The van der Waals surface area contributed by atoms with Gasteiger partial charge in [-0.05, 0) is 15.9 Å². The fourth-order valence-electron chi connectivity index (χ4n) is 0.315. The van der Waals surface area contributed by atoms with Gasteiger partial charge < -0.3 is 3.67 Å². The largest absolute Gasteiger partial charge is 0.389 e. The van der Waals surface area contributed by atoms with Crippen molar-refractivity contribution in [1.82, 2.24) is 8.76 Å². The Morgan fingerprint density at radius 2 is 2.57 bits per heavy atom. The minimum Gasteiger partial charge on any atom is -0.389 e. The highest BCUT2D eigenvalue weighted by molar-refractivity contribution is 9.10. The summed E-state index contributed by atoms with van der Waals surface area (Å²) in [6.07, 6.45) is 3.58. The van der Waals surface area contributed by atoms with Crippen LogP contribution in [0.15, 0.2) is 16.9 Å². The molecular weight excluding hydrogens is 171 g/mol. The van der Waals surface area contributed by atoms with E-state index in [0.717, 1.165) is 4.47 Å². The van der Waals surface area contributed by atoms with Gasteiger partial charge in [-0.2, -0.15) is 0 Å². The van der Waals surface area contributed by atoms with Gasteiger partial charge in [0.05, 0.1) is 10.7 Å². The summed E-state index contributed by atoms with van der Waals surface area (Å²) in [6.45, 7) is 0. The van der Waals surface area contributed by atoms with Crippen LogP contribution in [0.3, 0.4) is 0 Å². The van der Waals surface area contributed by atoms with E-state index in [-0.39, 0.29) is 0 Å². The van der Waals surface area contributed by atoms with Gasteiger partial charge in [-0.15, -0.1) is 0 Å². The second-order valence-electron chi connectivity index (χ2n) is 1.14. The van der Waals surface area contributed by atoms with Crippen molar-refractivity contribution in [2.24, 2.45) is 0 Å². The van der Waals surface area contributed by atoms with Crippen LogP contribution in [0.2, 0.25) is 0 Å². The molecule has 0 unspecified atom stereocenters. The molecule has 1 rings (SSSR count). The molecule has 1 aromatic rings. The van der Waals surface area contributed by atoms with Crippen molar-refractivity contribution in [3.8, 4) is 0 Å². The highest BCUT2D eigenvalue weighted by atomic mass is 79.9. The van der Waals surface area contributed by atoms with E-state index in [4.69, 9.17) is 0 Å². The topological polar surface area (TPSA) is 17.8 Å². The Labute approximate surface area is 58.3 Å². The Bertz CT molecular complexity index is 145. The van der Waals surface area contributed by atoms with Crippen molar-refractivity contribution >= 4 is 32.4 Å². The lowest BCUT2D eigenvalue weighted by Gasteiger charge is -1.80. The van der Waals surface area contributed by atoms with Gasteiger partial charge >= 0.3 is 16.5 Å². The second-order valence-corrected chi connectivity index (χ2v) is 2.58. The van der Waals surface area contributed by atoms with Crippen molar-refractivity contribution in [2.45, 2.75) is 0 Å². The van der Waals surface area contributed by atoms with Gasteiger partial charge in [0.25, 0.3) is 0 Å². The molecule has 0 saturated carbocycles. The predicted molar refractivity (Wildman–Crippen MR) is 31.1 cm³/mol. The molecular formula is C3H2AlBrN2. The van der Waals surface area contributed by atoms with E-state index >= 15 is 0 Å². The number of hydrogen-bond acceptors (Lipinski definition) is 1. The summed E-state index contributed by atoms with van der Waals surface area (Å²) in [5, 5.41) is 3.85. The van der Waals surface area contributed by atoms with Gasteiger partial charge in [0, 0.05) is 6.20 Å². The minimum atomic E-state index is 1.00. The average Bonchev–Trinajstić information content (AvgIpc) is 1.87. The van der Waals surface area contributed by atoms with Gasteiger partial charge in [0.2, 0.25) is 0 Å². The molecule has 1 heterocycles. The van der Waals surface area contributed by atoms with Crippen molar-refractivity contribution in [3.63, 3.8) is 0 Å². The molecule has 2 radical (unpaired) electrons. The molecule has 1 aromatic heterocycles. The molecule has 0 fully saturated rings. The molecule has 0 bridgehead atoms. The van der Waals surface area contributed by atoms with E-state index < -0.39 is 0 Å². The highest BCUT2D eigenvalue weighted by Gasteiger charge is 1.83. The zero-order chi connectivity index (χ0) is 5.28. The van der Waals surface area contributed by atoms with E-state index in [1.807, 2.05) is 6.20 Å². The number of nitrogens with zero attached hydrogens (tertiary/aromatic N) is 2. The van der Waals surface area contributed by atoms with Crippen molar-refractivity contribution < 1.29 is 0 Å². The maximum Gasteiger partial charge on any atom is 0.353 e. The lowest BCUT2D eigenvalue weighted by atomic mass is 10.8. The predicted octanol–water partition coefficient (Wildman–Crippen LogP) is 0.577. The first kappa shape index (κ1) is 5.36. The Morgan fingerprint density at radius 3 is 2.71 bits per heavy atom. The van der Waals surface area contributed by atoms with E-state index in [1.54, 1.807) is 9.86 Å². The first-order valence-corrected chi connectivity index (χ1v) is 3.05. The minimum absolute atomic E-state index is 1.00. The number of hydrogen-bond donors (Lipinski definition) is 0. The molecule has 0 spiro atoms. The summed E-state index contributed by atoms with van der Waals surface area (Å²) in [7, 11) is 0. The van der Waals surface area contributed by atoms with Crippen LogP contribution in [-0.2, 0) is 0 Å². The molecule has 0 aliphatic rings. The molecule has 0 aliphatic carbocycles. The molecule has 0 aliphatic heterocycles. The zero-order valence-electron chi connectivity index (χ0n) is 3.50. The Hall–Kier alpha value is 0.222. The summed E-state index contributed by atoms with van der Waals surface area (Å²) in [5.41, 5.74) is 0. The lowest BCUT2D eigenvalue weighted by molar-refractivity contribution is 0.991. The van der Waals surface area contributed by atoms with Crippen molar-refractivity contribution in [3.05, 3.63) is 16.9 Å². The lowest BCUT2D eigenvalue weighted by Crippen LogP contribution is -1.88. The van der Waals surface area contributed by atoms with Crippen LogP contribution in [0.1, 0.15) is 0 Å². The first-order valence-electron chi connectivity index (χ1n) is 1.74. The van der Waals surface area contributed by atoms with Crippen LogP contribution in [0, 0.1) is 0 Å². The first-order chi connectivity index (χ1) is 3.29. The van der Waals surface area contributed by atoms with Crippen molar-refractivity contribution in [1.29, 1.82) is 0 Å². The molecule has 2 nitrogen and oxygen atoms in total. The molecule has 0 aromatic carbocycles. The average molecular weight is 173 g/mol. The molecule has 0 atom stereocenters. The van der Waals surface area contributed by atoms with Crippen LogP contribution in [0.5, 0.6) is 0 Å². The summed E-state index contributed by atoms with van der Waals surface area (Å²) in [6, 6.07) is 0. The van der Waals surface area contributed by atoms with E-state index in [2.05, 4.69) is 37.5 Å². The molecule has 0 amide bonds. The number of halogens is 1. The summed E-state index contributed by atoms with van der Waals surface area (Å²) < 4.78 is 2.66. The van der Waals surface area contributed by atoms with Crippen LogP contribution >= 0.6 is 15.9 Å². The van der Waals surface area contributed by atoms with Gasteiger partial charge in [-0.3, -0.25) is 0 Å². The summed E-state index contributed by atoms with van der Waals surface area (Å²) in [4.78, 5) is 0. The maximum absolute atomic E-state index is 3.85. The van der Waals surface area contributed by atoms with Gasteiger partial charge in [-0.1, -0.05) is 0 Å². The normalized spacial score (nSPS) is 9.29. The zero-order valence-corrected chi connectivity index (χ0v) is 6.25. The summed E-state index contributed by atoms with van der Waals surface area (Å²) in [5.74, 6) is 0. The molecule has 34 valence electrons. The third-order valence-corrected chi connectivity index (χ3v) is 1.26. The van der Waals surface area contributed by atoms with Crippen molar-refractivity contribution in [2.75, 3.05) is 0 Å². The maximum atomic E-state index is 3.85. The fraction of sp³-hybridized carbons (Fsp3) is 0. The highest BCUT2D eigenvalue weighted by Crippen LogP contribution is 2.03. The van der Waals surface area contributed by atoms with Gasteiger partial charge in [0.15, 0.2) is 0 Å². The molecule has 0 saturated heterocycles. The van der Waals surface area contributed by atoms with Gasteiger partial charge in [-0.25, -0.2) is 5.10 Å². The summed E-state index contributed by atoms with van der Waals surface area (Å²) >= 11 is 5.66. The van der Waals surface area contributed by atoms with Gasteiger partial charge in [0.1, 0.15) is 0 Å². The molecule has 7 heavy (non-hydrogen) atoms. The monoisotopic (exact) mass is 172 g/mol. The Kier molecular flexibility index (Phi) is 1.53. The van der Waals surface area contributed by atoms with E-state index in [1.165, 1.54) is 0 Å². The van der Waals surface area contributed by atoms with E-state index in [0.29, 0.717) is 0 Å².